The van der Waals surface area contributed by atoms with Gasteiger partial charge in [0, 0.05) is 58.8 Å². The molecular formula is C57H36N4S. The average molecular weight is 815 g/mol. The lowest BCUT2D eigenvalue weighted by molar-refractivity contribution is 1.06. The van der Waals surface area contributed by atoms with Gasteiger partial charge in [-0.05, 0) is 58.6 Å². The molecule has 0 spiro atoms. The minimum atomic E-state index is -0.312. The summed E-state index contributed by atoms with van der Waals surface area (Å²) in [6.07, 6.45) is 0. The molecule has 0 bridgehead atoms. The highest BCUT2D eigenvalue weighted by Gasteiger charge is 2.24. The van der Waals surface area contributed by atoms with Gasteiger partial charge in [-0.2, -0.15) is 0 Å². The van der Waals surface area contributed by atoms with E-state index in [1.165, 1.54) is 17.4 Å². The van der Waals surface area contributed by atoms with Crippen molar-refractivity contribution in [2.24, 2.45) is 0 Å². The number of thiophene rings is 1. The van der Waals surface area contributed by atoms with Crippen LogP contribution in [-0.4, -0.2) is 19.5 Å². The molecule has 62 heavy (non-hydrogen) atoms. The summed E-state index contributed by atoms with van der Waals surface area (Å²) >= 11 is 1.22. The summed E-state index contributed by atoms with van der Waals surface area (Å²) < 4.78 is 57.7. The zero-order valence-corrected chi connectivity index (χ0v) is 33.8. The molecule has 0 saturated heterocycles. The van der Waals surface area contributed by atoms with Crippen molar-refractivity contribution in [1.82, 2.24) is 19.5 Å². The van der Waals surface area contributed by atoms with Gasteiger partial charge < -0.3 is 4.57 Å². The molecule has 3 aromatic heterocycles. The molecule has 3 heterocycles. The van der Waals surface area contributed by atoms with E-state index in [1.54, 1.807) is 0 Å². The molecule has 0 saturated carbocycles. The Hall–Kier alpha value is -7.99. The smallest absolute Gasteiger partial charge is 0.166 e. The molecule has 12 rings (SSSR count). The van der Waals surface area contributed by atoms with Gasteiger partial charge in [0.2, 0.25) is 0 Å². The lowest BCUT2D eigenvalue weighted by Gasteiger charge is -2.19. The van der Waals surface area contributed by atoms with E-state index in [0.717, 1.165) is 55.2 Å². The summed E-state index contributed by atoms with van der Waals surface area (Å²) in [6, 6.07) is 59.4. The van der Waals surface area contributed by atoms with Crippen LogP contribution in [0, 0.1) is 0 Å². The van der Waals surface area contributed by atoms with E-state index >= 15 is 0 Å². The Balaban J connectivity index is 1.21. The first-order chi connectivity index (χ1) is 33.2. The van der Waals surface area contributed by atoms with Crippen molar-refractivity contribution in [3.05, 3.63) is 218 Å². The van der Waals surface area contributed by atoms with Crippen molar-refractivity contribution < 1.29 is 8.22 Å². The number of hydrogen-bond acceptors (Lipinski definition) is 4. The van der Waals surface area contributed by atoms with Crippen LogP contribution < -0.4 is 0 Å². The molecule has 0 amide bonds. The van der Waals surface area contributed by atoms with Crippen molar-refractivity contribution in [2.45, 2.75) is 0 Å². The summed E-state index contributed by atoms with van der Waals surface area (Å²) in [5.41, 5.74) is 9.74. The third kappa shape index (κ3) is 6.09. The molecular weight excluding hydrogens is 773 g/mol. The van der Waals surface area contributed by atoms with Crippen LogP contribution in [0.4, 0.5) is 0 Å². The van der Waals surface area contributed by atoms with Crippen LogP contribution in [0.5, 0.6) is 0 Å². The van der Waals surface area contributed by atoms with Crippen LogP contribution in [0.3, 0.4) is 0 Å². The summed E-state index contributed by atoms with van der Waals surface area (Å²) in [6.45, 7) is 0. The zero-order chi connectivity index (χ0) is 46.2. The van der Waals surface area contributed by atoms with Gasteiger partial charge in [0.15, 0.2) is 17.5 Å². The van der Waals surface area contributed by atoms with E-state index in [0.29, 0.717) is 49.3 Å². The fourth-order valence-corrected chi connectivity index (χ4v) is 9.68. The van der Waals surface area contributed by atoms with Crippen molar-refractivity contribution in [3.8, 4) is 73.2 Å². The SMILES string of the molecule is [2H]c1cc([2H])c2sc3c(-c4cccc(-c5nc(-c6cccc(-c7ccccc7)c6)nc(-c6cccc(-c7ccccc7)c6)n5)c4-n4c5ccccc5c5ccccc54)c([2H])c([2H])c([2H])c3c2c1[2H]. The highest BCUT2D eigenvalue weighted by atomic mass is 32.1. The molecule has 9 aromatic carbocycles. The van der Waals surface area contributed by atoms with Crippen LogP contribution >= 0.6 is 11.3 Å². The van der Waals surface area contributed by atoms with E-state index in [9.17, 15) is 4.11 Å². The Labute approximate surface area is 371 Å². The second kappa shape index (κ2) is 14.9. The number of rotatable bonds is 7. The zero-order valence-electron chi connectivity index (χ0n) is 39.0. The normalized spacial score (nSPS) is 12.9. The Bertz CT molecular complexity index is 3850. The average Bonchev–Trinajstić information content (AvgIpc) is 3.95. The molecule has 0 N–H and O–H groups in total. The summed E-state index contributed by atoms with van der Waals surface area (Å²) in [5.74, 6) is 1.30. The molecule has 12 aromatic rings. The van der Waals surface area contributed by atoms with Crippen molar-refractivity contribution in [2.75, 3.05) is 0 Å². The van der Waals surface area contributed by atoms with Gasteiger partial charge in [-0.15, -0.1) is 11.3 Å². The molecule has 4 nitrogen and oxygen atoms in total. The van der Waals surface area contributed by atoms with Crippen LogP contribution in [0.15, 0.2) is 218 Å². The minimum Gasteiger partial charge on any atom is -0.308 e. The maximum absolute atomic E-state index is 9.69. The first-order valence-corrected chi connectivity index (χ1v) is 21.2. The second-order valence-electron chi connectivity index (χ2n) is 15.1. The minimum absolute atomic E-state index is 0.0555. The van der Waals surface area contributed by atoms with E-state index in [2.05, 4.69) is 77.4 Å². The molecule has 0 aliphatic heterocycles. The summed E-state index contributed by atoms with van der Waals surface area (Å²) in [7, 11) is 0. The van der Waals surface area contributed by atoms with Gasteiger partial charge in [0.05, 0.1) is 24.9 Å². The molecule has 0 aliphatic carbocycles. The number of hydrogen-bond donors (Lipinski definition) is 0. The van der Waals surface area contributed by atoms with E-state index in [4.69, 9.17) is 19.1 Å². The quantitative estimate of drug-likeness (QED) is 0.161. The molecule has 0 unspecified atom stereocenters. The van der Waals surface area contributed by atoms with Gasteiger partial charge in [0.25, 0.3) is 0 Å². The standard InChI is InChI=1S/C57H36N4S/c1-3-17-37(18-4-1)39-21-13-23-41(35-39)55-58-56(42-24-14-22-40(36-42)38-19-5-2-6-20-38)60-57(59-55)49-31-15-28-46(48-30-16-29-47-45-27-9-12-34-52(45)62-54(47)48)53(49)61-50-32-10-7-25-43(50)44-26-8-11-33-51(44)61/h1-36H/i9D,16D,27D,29D,30D,34D. The predicted molar refractivity (Wildman–Crippen MR) is 260 cm³/mol. The molecule has 0 atom stereocenters. The summed E-state index contributed by atoms with van der Waals surface area (Å²) in [5, 5.41) is 2.59. The first-order valence-electron chi connectivity index (χ1n) is 23.4. The summed E-state index contributed by atoms with van der Waals surface area (Å²) in [4.78, 5) is 15.9. The Morgan fingerprint density at radius 1 is 0.371 bits per heavy atom. The molecule has 290 valence electrons. The van der Waals surface area contributed by atoms with E-state index in [-0.39, 0.29) is 47.0 Å². The number of fused-ring (bicyclic) bond motifs is 6. The highest BCUT2D eigenvalue weighted by molar-refractivity contribution is 7.26. The van der Waals surface area contributed by atoms with Gasteiger partial charge in [-0.3, -0.25) is 0 Å². The lowest BCUT2D eigenvalue weighted by Crippen LogP contribution is -2.05. The Kier molecular flexibility index (Phi) is 7.25. The monoisotopic (exact) mass is 814 g/mol. The third-order valence-corrected chi connectivity index (χ3v) is 12.6. The first kappa shape index (κ1) is 30.1. The molecule has 0 fully saturated rings. The molecule has 0 aliphatic rings. The number of nitrogens with zero attached hydrogens (tertiary/aromatic N) is 4. The Morgan fingerprint density at radius 3 is 1.53 bits per heavy atom. The Morgan fingerprint density at radius 2 is 0.887 bits per heavy atom. The van der Waals surface area contributed by atoms with E-state index < -0.39 is 0 Å². The lowest BCUT2D eigenvalue weighted by atomic mass is 9.97. The van der Waals surface area contributed by atoms with Gasteiger partial charge >= 0.3 is 0 Å². The maximum Gasteiger partial charge on any atom is 0.166 e. The van der Waals surface area contributed by atoms with Gasteiger partial charge in [0.1, 0.15) is 0 Å². The third-order valence-electron chi connectivity index (χ3n) is 11.4. The van der Waals surface area contributed by atoms with Crippen LogP contribution in [0.2, 0.25) is 0 Å². The topological polar surface area (TPSA) is 43.6 Å². The van der Waals surface area contributed by atoms with Gasteiger partial charge in [-0.25, -0.2) is 15.0 Å². The molecule has 0 radical (unpaired) electrons. The van der Waals surface area contributed by atoms with Crippen molar-refractivity contribution in [1.29, 1.82) is 0 Å². The van der Waals surface area contributed by atoms with Gasteiger partial charge in [-0.1, -0.05) is 182 Å². The van der Waals surface area contributed by atoms with Crippen LogP contribution in [0.25, 0.3) is 115 Å². The van der Waals surface area contributed by atoms with Crippen molar-refractivity contribution >= 4 is 53.3 Å². The number of benzene rings is 9. The van der Waals surface area contributed by atoms with E-state index in [1.807, 2.05) is 103 Å². The number of aromatic nitrogens is 4. The van der Waals surface area contributed by atoms with Crippen molar-refractivity contribution in [3.63, 3.8) is 0 Å². The second-order valence-corrected chi connectivity index (χ2v) is 16.1. The maximum atomic E-state index is 9.69. The van der Waals surface area contributed by atoms with Crippen LogP contribution in [0.1, 0.15) is 8.22 Å². The largest absolute Gasteiger partial charge is 0.308 e. The predicted octanol–water partition coefficient (Wildman–Crippen LogP) is 15.3. The number of para-hydroxylation sites is 3. The molecule has 5 heteroatoms. The van der Waals surface area contributed by atoms with Crippen LogP contribution in [-0.2, 0) is 0 Å². The highest BCUT2D eigenvalue weighted by Crippen LogP contribution is 2.46. The fraction of sp³-hybridized carbons (Fsp3) is 0. The fourth-order valence-electron chi connectivity index (χ4n) is 8.58.